The Morgan fingerprint density at radius 1 is 0.980 bits per heavy atom. The fourth-order valence-corrected chi connectivity index (χ4v) is 7.37. The summed E-state index contributed by atoms with van der Waals surface area (Å²) in [7, 11) is 0. The average Bonchev–Trinajstić information content (AvgIpc) is 3.57. The van der Waals surface area contributed by atoms with Crippen LogP contribution in [0.3, 0.4) is 0 Å². The minimum Gasteiger partial charge on any atom is -0.611 e. The molecule has 1 unspecified atom stereocenters. The molecule has 5 rings (SSSR count). The zero-order chi connectivity index (χ0) is 36.0. The number of aromatic nitrogens is 2. The molecule has 1 aliphatic rings. The van der Waals surface area contributed by atoms with E-state index in [2.05, 4.69) is 84.3 Å². The number of hydrogen-bond acceptors (Lipinski definition) is 6. The van der Waals surface area contributed by atoms with Crippen molar-refractivity contribution < 1.29 is 18.8 Å². The summed E-state index contributed by atoms with van der Waals surface area (Å²) < 4.78 is 24.7. The Hall–Kier alpha value is -4.05. The van der Waals surface area contributed by atoms with Gasteiger partial charge in [0.2, 0.25) is 0 Å². The Bertz CT molecular complexity index is 1700. The molecule has 272 valence electrons. The van der Waals surface area contributed by atoms with Crippen molar-refractivity contribution in [3.05, 3.63) is 95.6 Å². The highest BCUT2D eigenvalue weighted by atomic mass is 32.2. The highest BCUT2D eigenvalue weighted by Crippen LogP contribution is 2.33. The van der Waals surface area contributed by atoms with Crippen LogP contribution in [0.25, 0.3) is 17.2 Å². The summed E-state index contributed by atoms with van der Waals surface area (Å²) in [5, 5.41) is 3.10. The van der Waals surface area contributed by atoms with Crippen molar-refractivity contribution in [3.8, 4) is 16.9 Å². The number of H-pyrrole nitrogens is 1. The van der Waals surface area contributed by atoms with Gasteiger partial charge in [-0.15, -0.1) is 0 Å². The molecule has 0 spiro atoms. The van der Waals surface area contributed by atoms with Gasteiger partial charge < -0.3 is 29.2 Å². The number of aromatic amines is 1. The van der Waals surface area contributed by atoms with E-state index < -0.39 is 11.2 Å². The molecule has 0 saturated heterocycles. The standard InChI is InChI=1S/C42H54N4O4S/c1-5-7-11-39-40(44-30-43-39)29-51(48)38-19-15-36(16-20-38)45-42(47)34-10-9-22-46(28-31(3)4)41-21-14-33(26-35(41)27-34)32-12-17-37(18-13-32)50-25-24-49-23-8-6-2/h12-21,26-27,30-31H,5-11,22-25,28-29H2,1-4H3,(H,43,44)(H,45,47). The van der Waals surface area contributed by atoms with Crippen LogP contribution in [-0.4, -0.2) is 53.3 Å². The molecule has 1 amide bonds. The van der Waals surface area contributed by atoms with Gasteiger partial charge in [-0.05, 0) is 120 Å². The van der Waals surface area contributed by atoms with E-state index in [9.17, 15) is 9.35 Å². The second-order valence-corrected chi connectivity index (χ2v) is 15.1. The number of anilines is 2. The van der Waals surface area contributed by atoms with Crippen LogP contribution in [0.1, 0.15) is 83.2 Å². The number of hydrogen-bond donors (Lipinski definition) is 2. The Labute approximate surface area is 307 Å². The zero-order valence-corrected chi connectivity index (χ0v) is 31.5. The molecule has 0 bridgehead atoms. The topological polar surface area (TPSA) is 103 Å². The van der Waals surface area contributed by atoms with Gasteiger partial charge in [0.05, 0.1) is 24.3 Å². The third-order valence-corrected chi connectivity index (χ3v) is 10.3. The lowest BCUT2D eigenvalue weighted by Gasteiger charge is -2.30. The monoisotopic (exact) mass is 710 g/mol. The van der Waals surface area contributed by atoms with Crippen molar-refractivity contribution in [3.63, 3.8) is 0 Å². The van der Waals surface area contributed by atoms with Crippen molar-refractivity contribution >= 4 is 34.5 Å². The predicted molar refractivity (Wildman–Crippen MR) is 210 cm³/mol. The van der Waals surface area contributed by atoms with Gasteiger partial charge in [-0.25, -0.2) is 4.98 Å². The summed E-state index contributed by atoms with van der Waals surface area (Å²) in [6.07, 6.45) is 10.5. The lowest BCUT2D eigenvalue weighted by Crippen LogP contribution is -2.30. The zero-order valence-electron chi connectivity index (χ0n) is 30.7. The number of imidazole rings is 1. The smallest absolute Gasteiger partial charge is 0.251 e. The number of fused-ring (bicyclic) bond motifs is 1. The van der Waals surface area contributed by atoms with Crippen LogP contribution in [0.4, 0.5) is 11.4 Å². The Morgan fingerprint density at radius 2 is 1.75 bits per heavy atom. The number of benzene rings is 3. The average molecular weight is 711 g/mol. The number of carbonyl (C=O) groups excluding carboxylic acids is 1. The Kier molecular flexibility index (Phi) is 14.6. The first kappa shape index (κ1) is 38.2. The first-order chi connectivity index (χ1) is 24.8. The molecular formula is C42H54N4O4S. The highest BCUT2D eigenvalue weighted by molar-refractivity contribution is 7.90. The molecule has 1 aliphatic heterocycles. The number of nitrogens with one attached hydrogen (secondary N) is 2. The minimum absolute atomic E-state index is 0.115. The molecular weight excluding hydrogens is 657 g/mol. The number of nitrogens with zero attached hydrogens (tertiary/aromatic N) is 2. The molecule has 8 nitrogen and oxygen atoms in total. The van der Waals surface area contributed by atoms with Gasteiger partial charge in [0.1, 0.15) is 12.4 Å². The van der Waals surface area contributed by atoms with Crippen molar-refractivity contribution in [2.45, 2.75) is 83.3 Å². The molecule has 1 aromatic heterocycles. The van der Waals surface area contributed by atoms with Gasteiger partial charge in [0, 0.05) is 36.6 Å². The molecule has 51 heavy (non-hydrogen) atoms. The van der Waals surface area contributed by atoms with Crippen LogP contribution in [0.5, 0.6) is 5.75 Å². The molecule has 2 N–H and O–H groups in total. The van der Waals surface area contributed by atoms with Crippen LogP contribution in [-0.2, 0) is 32.9 Å². The quantitative estimate of drug-likeness (QED) is 0.0789. The van der Waals surface area contributed by atoms with Gasteiger partial charge in [-0.2, -0.15) is 0 Å². The van der Waals surface area contributed by atoms with E-state index in [0.717, 1.165) is 108 Å². The minimum atomic E-state index is -1.23. The summed E-state index contributed by atoms with van der Waals surface area (Å²) >= 11 is -1.23. The van der Waals surface area contributed by atoms with Gasteiger partial charge >= 0.3 is 0 Å². The second kappa shape index (κ2) is 19.5. The number of carbonyl (C=O) groups is 1. The fourth-order valence-electron chi connectivity index (χ4n) is 6.25. The number of aryl methyl sites for hydroxylation is 1. The van der Waals surface area contributed by atoms with Crippen molar-refractivity contribution in [2.24, 2.45) is 5.92 Å². The number of ether oxygens (including phenoxy) is 2. The third kappa shape index (κ3) is 11.2. The summed E-state index contributed by atoms with van der Waals surface area (Å²) in [6, 6.07) is 22.1. The first-order valence-corrected chi connectivity index (χ1v) is 19.9. The van der Waals surface area contributed by atoms with Gasteiger partial charge in [0.15, 0.2) is 10.6 Å². The van der Waals surface area contributed by atoms with Crippen LogP contribution < -0.4 is 15.0 Å². The second-order valence-electron chi connectivity index (χ2n) is 13.6. The molecule has 2 heterocycles. The van der Waals surface area contributed by atoms with E-state index >= 15 is 0 Å². The van der Waals surface area contributed by atoms with E-state index in [4.69, 9.17) is 9.47 Å². The molecule has 0 saturated carbocycles. The van der Waals surface area contributed by atoms with E-state index in [1.807, 2.05) is 36.4 Å². The maximum atomic E-state index is 13.7. The molecule has 1 atom stereocenters. The summed E-state index contributed by atoms with van der Waals surface area (Å²) in [4.78, 5) is 24.5. The summed E-state index contributed by atoms with van der Waals surface area (Å²) in [6.45, 7) is 12.5. The normalized spacial score (nSPS) is 13.7. The van der Waals surface area contributed by atoms with Crippen LogP contribution in [0.15, 0.2) is 83.5 Å². The SMILES string of the molecule is CCCCOCCOc1ccc(-c2ccc3c(c2)C=C(C(=O)Nc2ccc([S+]([O-])Cc4[nH]cnc4CCCC)cc2)CCCN3CC(C)C)cc1. The summed E-state index contributed by atoms with van der Waals surface area (Å²) in [5.74, 6) is 1.60. The number of amides is 1. The highest BCUT2D eigenvalue weighted by Gasteiger charge is 2.21. The lowest BCUT2D eigenvalue weighted by molar-refractivity contribution is -0.112. The van der Waals surface area contributed by atoms with Gasteiger partial charge in [-0.3, -0.25) is 4.79 Å². The molecule has 0 aliphatic carbocycles. The third-order valence-electron chi connectivity index (χ3n) is 9.00. The number of rotatable bonds is 18. The van der Waals surface area contributed by atoms with E-state index in [1.165, 1.54) is 0 Å². The van der Waals surface area contributed by atoms with E-state index in [-0.39, 0.29) is 5.91 Å². The molecule has 4 aromatic rings. The van der Waals surface area contributed by atoms with Crippen molar-refractivity contribution in [1.82, 2.24) is 9.97 Å². The van der Waals surface area contributed by atoms with Crippen LogP contribution >= 0.6 is 0 Å². The van der Waals surface area contributed by atoms with Crippen LogP contribution in [0.2, 0.25) is 0 Å². The first-order valence-electron chi connectivity index (χ1n) is 18.6. The van der Waals surface area contributed by atoms with Gasteiger partial charge in [-0.1, -0.05) is 58.7 Å². The Balaban J connectivity index is 1.29. The molecule has 9 heteroatoms. The predicted octanol–water partition coefficient (Wildman–Crippen LogP) is 9.20. The van der Waals surface area contributed by atoms with Crippen molar-refractivity contribution in [2.75, 3.05) is 43.1 Å². The summed E-state index contributed by atoms with van der Waals surface area (Å²) in [5.41, 5.74) is 7.69. The molecule has 3 aromatic carbocycles. The van der Waals surface area contributed by atoms with Crippen LogP contribution in [0, 0.1) is 5.92 Å². The van der Waals surface area contributed by atoms with Gasteiger partial charge in [0.25, 0.3) is 5.91 Å². The largest absolute Gasteiger partial charge is 0.611 e. The maximum Gasteiger partial charge on any atom is 0.251 e. The van der Waals surface area contributed by atoms with E-state index in [0.29, 0.717) is 37.0 Å². The fraction of sp³-hybridized carbons (Fsp3) is 0.429. The molecule has 0 fully saturated rings. The van der Waals surface area contributed by atoms with Crippen molar-refractivity contribution in [1.29, 1.82) is 0 Å². The maximum absolute atomic E-state index is 13.7. The van der Waals surface area contributed by atoms with E-state index in [1.54, 1.807) is 6.33 Å². The Morgan fingerprint density at radius 3 is 2.49 bits per heavy atom. The molecule has 0 radical (unpaired) electrons. The number of unbranched alkanes of at least 4 members (excludes halogenated alkanes) is 2. The lowest BCUT2D eigenvalue weighted by atomic mass is 9.96.